The summed E-state index contributed by atoms with van der Waals surface area (Å²) in [5.74, 6) is 0. The number of aromatic nitrogens is 3. The van der Waals surface area contributed by atoms with E-state index in [4.69, 9.17) is 0 Å². The van der Waals surface area contributed by atoms with Crippen LogP contribution in [0.15, 0.2) is 32.7 Å². The zero-order valence-electron chi connectivity index (χ0n) is 7.05. The lowest BCUT2D eigenvalue weighted by Crippen LogP contribution is -2.21. The number of nitrogens with zero attached hydrogens (tertiary/aromatic N) is 3. The molecule has 0 N–H and O–H groups in total. The third-order valence-electron chi connectivity index (χ3n) is 1.67. The van der Waals surface area contributed by atoms with Crippen LogP contribution in [0.25, 0.3) is 0 Å². The molecule has 0 amide bonds. The van der Waals surface area contributed by atoms with Gasteiger partial charge in [0, 0.05) is 11.6 Å². The van der Waals surface area contributed by atoms with E-state index in [2.05, 4.69) is 25.9 Å². The highest BCUT2D eigenvalue weighted by atomic mass is 79.9. The van der Waals surface area contributed by atoms with Crippen molar-refractivity contribution in [1.82, 2.24) is 14.5 Å². The van der Waals surface area contributed by atoms with Crippen molar-refractivity contribution in [2.45, 2.75) is 6.54 Å². The molecule has 2 rings (SSSR count). The summed E-state index contributed by atoms with van der Waals surface area (Å²) < 4.78 is 1.98. The lowest BCUT2D eigenvalue weighted by Gasteiger charge is -2.01. The molecule has 14 heavy (non-hydrogen) atoms. The third-order valence-corrected chi connectivity index (χ3v) is 2.85. The van der Waals surface area contributed by atoms with Crippen LogP contribution in [0.2, 0.25) is 0 Å². The van der Waals surface area contributed by atoms with Crippen LogP contribution in [0, 0.1) is 0 Å². The molecule has 72 valence electrons. The highest BCUT2D eigenvalue weighted by molar-refractivity contribution is 9.10. The van der Waals surface area contributed by atoms with Gasteiger partial charge in [0.1, 0.15) is 4.47 Å². The molecule has 0 aliphatic rings. The second-order valence-corrected chi connectivity index (χ2v) is 4.23. The Hall–Kier alpha value is -1.01. The Bertz CT molecular complexity index is 480. The minimum absolute atomic E-state index is 0.0898. The first-order chi connectivity index (χ1) is 6.77. The van der Waals surface area contributed by atoms with Crippen LogP contribution < -0.4 is 5.56 Å². The minimum Gasteiger partial charge on any atom is -0.292 e. The van der Waals surface area contributed by atoms with Crippen LogP contribution in [0.1, 0.15) is 5.69 Å². The van der Waals surface area contributed by atoms with Crippen LogP contribution in [0.3, 0.4) is 0 Å². The van der Waals surface area contributed by atoms with Gasteiger partial charge >= 0.3 is 0 Å². The standard InChI is InChI=1S/C8H6BrN3OS/c9-7-1-10-4-12(8(7)13)2-6-3-14-5-11-6/h1,3-5H,2H2. The molecule has 4 nitrogen and oxygen atoms in total. The molecule has 0 aliphatic heterocycles. The Morgan fingerprint density at radius 2 is 2.43 bits per heavy atom. The van der Waals surface area contributed by atoms with Crippen LogP contribution in [0.5, 0.6) is 0 Å². The van der Waals surface area contributed by atoms with Crippen LogP contribution in [-0.4, -0.2) is 14.5 Å². The van der Waals surface area contributed by atoms with E-state index < -0.39 is 0 Å². The number of thiazole rings is 1. The van der Waals surface area contributed by atoms with Gasteiger partial charge in [-0.15, -0.1) is 11.3 Å². The summed E-state index contributed by atoms with van der Waals surface area (Å²) in [6.45, 7) is 0.467. The van der Waals surface area contributed by atoms with Gasteiger partial charge in [0.2, 0.25) is 0 Å². The van der Waals surface area contributed by atoms with Crippen LogP contribution in [-0.2, 0) is 6.54 Å². The fourth-order valence-electron chi connectivity index (χ4n) is 1.03. The number of rotatable bonds is 2. The lowest BCUT2D eigenvalue weighted by atomic mass is 10.5. The van der Waals surface area contributed by atoms with E-state index >= 15 is 0 Å². The average molecular weight is 272 g/mol. The summed E-state index contributed by atoms with van der Waals surface area (Å²) in [5, 5.41) is 1.91. The smallest absolute Gasteiger partial charge is 0.267 e. The van der Waals surface area contributed by atoms with Crippen LogP contribution in [0.4, 0.5) is 0 Å². The van der Waals surface area contributed by atoms with E-state index in [1.54, 1.807) is 5.51 Å². The molecule has 2 aromatic heterocycles. The molecule has 0 saturated carbocycles. The van der Waals surface area contributed by atoms with E-state index in [9.17, 15) is 4.79 Å². The van der Waals surface area contributed by atoms with Crippen molar-refractivity contribution in [2.24, 2.45) is 0 Å². The SMILES string of the molecule is O=c1c(Br)cncn1Cc1cscn1. The van der Waals surface area contributed by atoms with E-state index in [1.165, 1.54) is 28.4 Å². The fourth-order valence-corrected chi connectivity index (χ4v) is 1.92. The van der Waals surface area contributed by atoms with Gasteiger partial charge in [-0.1, -0.05) is 0 Å². The Morgan fingerprint density at radius 1 is 1.57 bits per heavy atom. The highest BCUT2D eigenvalue weighted by Gasteiger charge is 2.02. The molecule has 0 bridgehead atoms. The van der Waals surface area contributed by atoms with Gasteiger partial charge in [-0.2, -0.15) is 0 Å². The van der Waals surface area contributed by atoms with Crippen molar-refractivity contribution in [1.29, 1.82) is 0 Å². The maximum atomic E-state index is 11.5. The summed E-state index contributed by atoms with van der Waals surface area (Å²) in [4.78, 5) is 19.6. The molecule has 0 aliphatic carbocycles. The van der Waals surface area contributed by atoms with E-state index in [-0.39, 0.29) is 5.56 Å². The zero-order chi connectivity index (χ0) is 9.97. The molecular weight excluding hydrogens is 266 g/mol. The molecule has 0 radical (unpaired) electrons. The first kappa shape index (κ1) is 9.54. The third kappa shape index (κ3) is 1.91. The lowest BCUT2D eigenvalue weighted by molar-refractivity contribution is 0.718. The quantitative estimate of drug-likeness (QED) is 0.832. The van der Waals surface area contributed by atoms with Crippen molar-refractivity contribution in [2.75, 3.05) is 0 Å². The molecule has 0 spiro atoms. The van der Waals surface area contributed by atoms with Crippen molar-refractivity contribution in [3.8, 4) is 0 Å². The Balaban J connectivity index is 2.34. The predicted molar refractivity (Wildman–Crippen MR) is 57.4 cm³/mol. The van der Waals surface area contributed by atoms with Crippen molar-refractivity contribution < 1.29 is 0 Å². The van der Waals surface area contributed by atoms with Gasteiger partial charge in [0.25, 0.3) is 5.56 Å². The summed E-state index contributed by atoms with van der Waals surface area (Å²) >= 11 is 4.65. The second-order valence-electron chi connectivity index (χ2n) is 2.65. The molecule has 0 atom stereocenters. The molecular formula is C8H6BrN3OS. The zero-order valence-corrected chi connectivity index (χ0v) is 9.46. The monoisotopic (exact) mass is 271 g/mol. The van der Waals surface area contributed by atoms with Gasteiger partial charge in [-0.05, 0) is 15.9 Å². The Morgan fingerprint density at radius 3 is 3.14 bits per heavy atom. The van der Waals surface area contributed by atoms with Crippen molar-refractivity contribution in [3.63, 3.8) is 0 Å². The first-order valence-electron chi connectivity index (χ1n) is 3.84. The fraction of sp³-hybridized carbons (Fsp3) is 0.125. The maximum Gasteiger partial charge on any atom is 0.267 e. The summed E-state index contributed by atoms with van der Waals surface area (Å²) in [6, 6.07) is 0. The molecule has 0 aromatic carbocycles. The van der Waals surface area contributed by atoms with Crippen LogP contribution >= 0.6 is 27.3 Å². The van der Waals surface area contributed by atoms with Gasteiger partial charge in [0.05, 0.1) is 24.1 Å². The first-order valence-corrected chi connectivity index (χ1v) is 5.58. The molecule has 2 aromatic rings. The molecule has 0 saturated heterocycles. The van der Waals surface area contributed by atoms with Gasteiger partial charge in [-0.25, -0.2) is 9.97 Å². The second kappa shape index (κ2) is 4.02. The molecule has 6 heteroatoms. The predicted octanol–water partition coefficient (Wildman–Crippen LogP) is 1.51. The Labute approximate surface area is 92.4 Å². The Kier molecular flexibility index (Phi) is 2.74. The van der Waals surface area contributed by atoms with Gasteiger partial charge in [-0.3, -0.25) is 9.36 Å². The molecule has 0 fully saturated rings. The van der Waals surface area contributed by atoms with E-state index in [0.717, 1.165) is 5.69 Å². The van der Waals surface area contributed by atoms with E-state index in [1.807, 2.05) is 5.38 Å². The van der Waals surface area contributed by atoms with Crippen molar-refractivity contribution in [3.05, 3.63) is 43.9 Å². The van der Waals surface area contributed by atoms with Gasteiger partial charge in [0.15, 0.2) is 0 Å². The number of hydrogen-bond donors (Lipinski definition) is 0. The highest BCUT2D eigenvalue weighted by Crippen LogP contribution is 2.03. The molecule has 2 heterocycles. The summed E-state index contributed by atoms with van der Waals surface area (Å²) in [6.07, 6.45) is 2.99. The summed E-state index contributed by atoms with van der Waals surface area (Å²) in [7, 11) is 0. The topological polar surface area (TPSA) is 47.8 Å². The van der Waals surface area contributed by atoms with Crippen molar-refractivity contribution >= 4 is 27.3 Å². The number of halogens is 1. The molecule has 0 unspecified atom stereocenters. The number of hydrogen-bond acceptors (Lipinski definition) is 4. The minimum atomic E-state index is -0.0898. The van der Waals surface area contributed by atoms with Gasteiger partial charge < -0.3 is 0 Å². The van der Waals surface area contributed by atoms with E-state index in [0.29, 0.717) is 11.0 Å². The average Bonchev–Trinajstić information content (AvgIpc) is 2.66. The largest absolute Gasteiger partial charge is 0.292 e. The normalized spacial score (nSPS) is 10.4. The summed E-state index contributed by atoms with van der Waals surface area (Å²) in [5.41, 5.74) is 2.52. The maximum absolute atomic E-state index is 11.5.